The van der Waals surface area contributed by atoms with Crippen LogP contribution in [0.4, 0.5) is 15.9 Å². The zero-order valence-electron chi connectivity index (χ0n) is 44.0. The summed E-state index contributed by atoms with van der Waals surface area (Å²) in [5.41, 5.74) is 11.8. The van der Waals surface area contributed by atoms with Crippen LogP contribution in [-0.4, -0.2) is 114 Å². The van der Waals surface area contributed by atoms with E-state index in [0.717, 1.165) is 124 Å². The maximum atomic E-state index is 14.3. The first-order chi connectivity index (χ1) is 35.7. The number of primary amides is 1. The third-order valence-electron chi connectivity index (χ3n) is 14.2. The smallest absolute Gasteiger partial charge is 0.349 e. The van der Waals surface area contributed by atoms with Crippen LogP contribution in [0.1, 0.15) is 166 Å². The zero-order valence-corrected chi connectivity index (χ0v) is 45.7. The van der Waals surface area contributed by atoms with Crippen molar-refractivity contribution >= 4 is 77.6 Å². The molecule has 3 aromatic rings. The van der Waals surface area contributed by atoms with E-state index in [1.165, 1.54) is 27.3 Å². The van der Waals surface area contributed by atoms with E-state index < -0.39 is 23.0 Å². The Labute approximate surface area is 444 Å². The fourth-order valence-electron chi connectivity index (χ4n) is 11.0. The quantitative estimate of drug-likeness (QED) is 0.0499. The molecule has 19 heteroatoms. The lowest BCUT2D eigenvalue weighted by atomic mass is 9.79. The molecule has 16 nitrogen and oxygen atoms in total. The number of hydrogen-bond donors (Lipinski definition) is 4. The molecule has 2 aliphatic heterocycles. The number of piperidine rings is 2. The molecule has 0 spiro atoms. The minimum absolute atomic E-state index is 0.0133. The summed E-state index contributed by atoms with van der Waals surface area (Å²) >= 11 is 3.00. The van der Waals surface area contributed by atoms with Crippen LogP contribution in [0.3, 0.4) is 0 Å². The highest BCUT2D eigenvalue weighted by molar-refractivity contribution is 7.96. The lowest BCUT2D eigenvalue weighted by Gasteiger charge is -2.46. The number of ether oxygens (including phenoxy) is 1. The van der Waals surface area contributed by atoms with E-state index in [1.54, 1.807) is 0 Å². The second-order valence-electron chi connectivity index (χ2n) is 19.1. The largest absolute Gasteiger partial charge is 0.483 e. The standard InChI is InChI=1S/C51H63FN6O7S2.C2H6.CH3NO.CH4O/c1-5-9-44(49(62)57(52)32-61)56(31-60)43-17-16-40(41-15-6-10-33(2)45(41)43)35-18-21-55(22-19-35)39-14-7-11-34(26-39)30-66-58-23-20-38(28-51(58,3)4)54-37-13-8-12-36(27-37)47-42(29-53)46(65-25-24-59)48(67-47)50(63)64;1-2;2-1-3;1-2/h7,10-11,14,16-17,24,26,31-32,35-38,44,54H,5-6,8-9,12-13,15,18-23,25,27-28,30H2,1-4H3,(H,63,64);1-2H3;1H,(H2,2,3);2H,1H3. The van der Waals surface area contributed by atoms with Gasteiger partial charge in [0.05, 0.1) is 5.69 Å². The summed E-state index contributed by atoms with van der Waals surface area (Å²) in [5.74, 6) is -0.957. The highest BCUT2D eigenvalue weighted by Crippen LogP contribution is 2.46. The van der Waals surface area contributed by atoms with Gasteiger partial charge < -0.3 is 35.8 Å². The number of halogens is 1. The number of thiophene rings is 1. The van der Waals surface area contributed by atoms with Crippen LogP contribution in [0.2, 0.25) is 0 Å². The van der Waals surface area contributed by atoms with Crippen molar-refractivity contribution in [2.75, 3.05) is 43.2 Å². The number of benzene rings is 2. The number of rotatable bonds is 19. The Hall–Kier alpha value is -5.65. The predicted molar refractivity (Wildman–Crippen MR) is 291 cm³/mol. The number of carboxylic acid groups (broad SMARTS) is 1. The number of aliphatic hydroxyl groups excluding tert-OH is 1. The monoisotopic (exact) mass is 1060 g/mol. The van der Waals surface area contributed by atoms with Gasteiger partial charge in [0.25, 0.3) is 5.91 Å². The van der Waals surface area contributed by atoms with Crippen LogP contribution >= 0.6 is 23.3 Å². The van der Waals surface area contributed by atoms with Gasteiger partial charge in [0.2, 0.25) is 19.2 Å². The molecule has 2 aromatic carbocycles. The van der Waals surface area contributed by atoms with Gasteiger partial charge in [0.1, 0.15) is 24.3 Å². The number of hydrogen-bond acceptors (Lipinski definition) is 14. The Kier molecular flexibility index (Phi) is 24.7. The summed E-state index contributed by atoms with van der Waals surface area (Å²) < 4.78 is 22.2. The van der Waals surface area contributed by atoms with Gasteiger partial charge in [-0.05, 0) is 137 Å². The summed E-state index contributed by atoms with van der Waals surface area (Å²) in [6.45, 7) is 15.0. The van der Waals surface area contributed by atoms with E-state index in [9.17, 15) is 38.8 Å². The molecule has 2 saturated heterocycles. The van der Waals surface area contributed by atoms with Gasteiger partial charge in [-0.2, -0.15) is 5.26 Å². The number of carbonyl (C=O) groups is 6. The van der Waals surface area contributed by atoms with Crippen molar-refractivity contribution in [3.05, 3.63) is 80.0 Å². The van der Waals surface area contributed by atoms with Crippen LogP contribution < -0.4 is 25.6 Å². The van der Waals surface area contributed by atoms with Crippen molar-refractivity contribution in [3.63, 3.8) is 0 Å². The third kappa shape index (κ3) is 15.0. The number of nitrogens with one attached hydrogen (secondary N) is 1. The SMILES string of the molecule is CC.CCCC(C(=O)N(F)C=O)N(C=O)c1ccc(C2CCN(c3cccc(CSN4CCC(NC5CCCC(c6sc(C(=O)O)c(OCC=O)c6C#N)C5)CC4(C)C)c3)CC2)c2c1C(C)=CCC2.CO.NC=O. The van der Waals surface area contributed by atoms with E-state index in [4.69, 9.17) is 14.6 Å². The number of aldehydes is 1. The van der Waals surface area contributed by atoms with Gasteiger partial charge in [-0.1, -0.05) is 74.3 Å². The number of imide groups is 1. The van der Waals surface area contributed by atoms with E-state index in [1.807, 2.05) is 45.7 Å². The Morgan fingerprint density at radius 2 is 1.76 bits per heavy atom. The summed E-state index contributed by atoms with van der Waals surface area (Å²) in [4.78, 5) is 72.8. The van der Waals surface area contributed by atoms with Gasteiger partial charge >= 0.3 is 5.97 Å². The van der Waals surface area contributed by atoms with Crippen LogP contribution in [0, 0.1) is 11.3 Å². The highest BCUT2D eigenvalue weighted by Gasteiger charge is 2.39. The van der Waals surface area contributed by atoms with Crippen molar-refractivity contribution in [3.8, 4) is 11.8 Å². The lowest BCUT2D eigenvalue weighted by Crippen LogP contribution is -2.53. The van der Waals surface area contributed by atoms with Crippen molar-refractivity contribution < 1.29 is 48.2 Å². The van der Waals surface area contributed by atoms with Crippen molar-refractivity contribution in [2.24, 2.45) is 5.73 Å². The van der Waals surface area contributed by atoms with E-state index >= 15 is 0 Å². The van der Waals surface area contributed by atoms with Crippen molar-refractivity contribution in [1.29, 1.82) is 5.26 Å². The predicted octanol–water partition coefficient (Wildman–Crippen LogP) is 9.07. The van der Waals surface area contributed by atoms with Gasteiger partial charge in [0.15, 0.2) is 16.9 Å². The Morgan fingerprint density at radius 3 is 2.38 bits per heavy atom. The highest BCUT2D eigenvalue weighted by atomic mass is 32.2. The molecule has 3 heterocycles. The molecule has 0 radical (unpaired) electrons. The molecule has 4 amide bonds. The molecule has 5 N–H and O–H groups in total. The molecule has 4 unspecified atom stereocenters. The topological polar surface area (TPSA) is 227 Å². The Balaban J connectivity index is 0.00000161. The van der Waals surface area contributed by atoms with Crippen LogP contribution in [0.15, 0.2) is 42.5 Å². The zero-order chi connectivity index (χ0) is 54.5. The first kappa shape index (κ1) is 60.9. The molecular formula is C55H76FN7O9S2. The van der Waals surface area contributed by atoms with Crippen LogP contribution in [0.25, 0.3) is 5.57 Å². The fraction of sp³-hybridized carbons (Fsp3) is 0.545. The fourth-order valence-corrected chi connectivity index (χ4v) is 13.3. The minimum atomic E-state index is -1.15. The summed E-state index contributed by atoms with van der Waals surface area (Å²) in [6.07, 6.45) is 13.4. The second-order valence-corrected chi connectivity index (χ2v) is 21.1. The molecule has 1 aromatic heterocycles. The summed E-state index contributed by atoms with van der Waals surface area (Å²) in [7, 11) is 1.00. The molecular weight excluding hydrogens is 986 g/mol. The minimum Gasteiger partial charge on any atom is -0.483 e. The van der Waals surface area contributed by atoms with Gasteiger partial charge in [0, 0.05) is 66.2 Å². The number of amides is 4. The number of anilines is 2. The second kappa shape index (κ2) is 30.0. The molecule has 4 aliphatic rings. The molecule has 4 atom stereocenters. The number of carbonyl (C=O) groups excluding carboxylic acids is 5. The Morgan fingerprint density at radius 1 is 1.04 bits per heavy atom. The number of nitriles is 1. The number of aromatic carboxylic acids is 1. The number of aliphatic hydroxyl groups is 1. The molecule has 3 fully saturated rings. The normalized spacial score (nSPS) is 19.6. The number of fused-ring (bicyclic) bond motifs is 1. The number of carboxylic acids is 1. The van der Waals surface area contributed by atoms with Gasteiger partial charge in [-0.3, -0.25) is 24.0 Å². The number of allylic oxidation sites excluding steroid dienone is 2. The van der Waals surface area contributed by atoms with Crippen LogP contribution in [-0.2, 0) is 36.1 Å². The average Bonchev–Trinajstić information content (AvgIpc) is 3.80. The summed E-state index contributed by atoms with van der Waals surface area (Å²) in [6, 6.07) is 14.5. The van der Waals surface area contributed by atoms with Crippen molar-refractivity contribution in [2.45, 2.75) is 160 Å². The molecule has 0 bridgehead atoms. The molecule has 404 valence electrons. The number of nitrogens with zero attached hydrogens (tertiary/aromatic N) is 5. The van der Waals surface area contributed by atoms with Crippen LogP contribution in [0.5, 0.6) is 5.75 Å². The molecule has 74 heavy (non-hydrogen) atoms. The van der Waals surface area contributed by atoms with E-state index in [0.29, 0.717) is 36.8 Å². The van der Waals surface area contributed by atoms with Crippen molar-refractivity contribution in [1.82, 2.24) is 14.7 Å². The lowest BCUT2D eigenvalue weighted by molar-refractivity contribution is -0.155. The maximum Gasteiger partial charge on any atom is 0.349 e. The molecule has 7 rings (SSSR count). The maximum absolute atomic E-state index is 14.3. The first-order valence-electron chi connectivity index (χ1n) is 25.7. The van der Waals surface area contributed by atoms with Gasteiger partial charge in [-0.25, -0.2) is 9.10 Å². The molecule has 1 saturated carbocycles. The third-order valence-corrected chi connectivity index (χ3v) is 16.9. The number of nitrogens with two attached hydrogens (primary N) is 1. The molecule has 2 aliphatic carbocycles. The summed E-state index contributed by atoms with van der Waals surface area (Å²) in [5, 5.41) is 30.3. The average molecular weight is 1060 g/mol. The van der Waals surface area contributed by atoms with E-state index in [2.05, 4.69) is 76.6 Å². The Bertz CT molecular complexity index is 2440. The van der Waals surface area contributed by atoms with E-state index in [-0.39, 0.29) is 59.5 Å². The van der Waals surface area contributed by atoms with Gasteiger partial charge in [-0.15, -0.1) is 16.5 Å². The first-order valence-corrected chi connectivity index (χ1v) is 27.5.